The first-order chi connectivity index (χ1) is 17.4. The molecule has 0 bridgehead atoms. The fraction of sp³-hybridized carbons (Fsp3) is 0.241. The number of ether oxygens (including phenoxy) is 1. The number of ketones is 1. The molecule has 1 heterocycles. The van der Waals surface area contributed by atoms with E-state index >= 15 is 0 Å². The van der Waals surface area contributed by atoms with Crippen LogP contribution in [0.3, 0.4) is 0 Å². The minimum Gasteiger partial charge on any atom is -0.507 e. The van der Waals surface area contributed by atoms with Crippen LogP contribution in [0.1, 0.15) is 50.4 Å². The van der Waals surface area contributed by atoms with Gasteiger partial charge in [-0.1, -0.05) is 56.1 Å². The summed E-state index contributed by atoms with van der Waals surface area (Å²) in [5.74, 6) is -2.06. The molecule has 1 aliphatic heterocycles. The molecule has 0 aliphatic carbocycles. The van der Waals surface area contributed by atoms with Gasteiger partial charge < -0.3 is 9.84 Å². The minimum absolute atomic E-state index is 0.100. The van der Waals surface area contributed by atoms with Crippen LogP contribution in [0, 0.1) is 5.82 Å². The van der Waals surface area contributed by atoms with E-state index in [0.717, 1.165) is 11.6 Å². The van der Waals surface area contributed by atoms with Crippen LogP contribution in [0.4, 0.5) is 10.1 Å². The van der Waals surface area contributed by atoms with Gasteiger partial charge >= 0.3 is 0 Å². The maximum atomic E-state index is 13.9. The average molecular weight is 542 g/mol. The SMILES string of the molecule is CCOc1ccc(/C(O)=C2/C(=O)C(=O)N(c3ccc(F)c(Cl)c3)C2c2ccc(Cl)cc2)cc1C(C)(C)C. The van der Waals surface area contributed by atoms with Gasteiger partial charge in [-0.3, -0.25) is 14.5 Å². The molecule has 0 aromatic heterocycles. The van der Waals surface area contributed by atoms with E-state index in [9.17, 15) is 19.1 Å². The summed E-state index contributed by atoms with van der Waals surface area (Å²) in [5, 5.41) is 11.8. The number of halogens is 3. The van der Waals surface area contributed by atoms with Crippen molar-refractivity contribution in [2.45, 2.75) is 39.2 Å². The number of nitrogens with zero attached hydrogens (tertiary/aromatic N) is 1. The maximum absolute atomic E-state index is 13.9. The van der Waals surface area contributed by atoms with Gasteiger partial charge in [0.2, 0.25) is 0 Å². The number of aliphatic hydroxyl groups excluding tert-OH is 1. The Labute approximate surface area is 225 Å². The highest BCUT2D eigenvalue weighted by Gasteiger charge is 2.47. The molecule has 1 atom stereocenters. The number of carbonyl (C=O) groups is 2. The molecule has 5 nitrogen and oxygen atoms in total. The molecule has 1 saturated heterocycles. The molecular formula is C29H26Cl2FNO4. The van der Waals surface area contributed by atoms with Crippen molar-refractivity contribution in [2.75, 3.05) is 11.5 Å². The van der Waals surface area contributed by atoms with Crippen LogP contribution in [0.25, 0.3) is 5.76 Å². The second-order valence-corrected chi connectivity index (χ2v) is 10.6. The Balaban J connectivity index is 1.95. The van der Waals surface area contributed by atoms with E-state index in [1.807, 2.05) is 27.7 Å². The van der Waals surface area contributed by atoms with Gasteiger partial charge in [0.1, 0.15) is 17.3 Å². The van der Waals surface area contributed by atoms with E-state index in [1.54, 1.807) is 42.5 Å². The lowest BCUT2D eigenvalue weighted by molar-refractivity contribution is -0.132. The van der Waals surface area contributed by atoms with Crippen molar-refractivity contribution >= 4 is 46.3 Å². The first-order valence-corrected chi connectivity index (χ1v) is 12.5. The third kappa shape index (κ3) is 5.09. The fourth-order valence-electron chi connectivity index (χ4n) is 4.39. The lowest BCUT2D eigenvalue weighted by Crippen LogP contribution is -2.29. The number of benzene rings is 3. The molecule has 37 heavy (non-hydrogen) atoms. The van der Waals surface area contributed by atoms with E-state index in [0.29, 0.717) is 28.5 Å². The van der Waals surface area contributed by atoms with Gasteiger partial charge in [0.25, 0.3) is 11.7 Å². The fourth-order valence-corrected chi connectivity index (χ4v) is 4.70. The quantitative estimate of drug-likeness (QED) is 0.207. The Bertz CT molecular complexity index is 1410. The molecule has 192 valence electrons. The highest BCUT2D eigenvalue weighted by atomic mass is 35.5. The molecule has 0 radical (unpaired) electrons. The topological polar surface area (TPSA) is 66.8 Å². The smallest absolute Gasteiger partial charge is 0.300 e. The van der Waals surface area contributed by atoms with Gasteiger partial charge in [-0.05, 0) is 66.4 Å². The molecule has 1 amide bonds. The second kappa shape index (κ2) is 10.2. The van der Waals surface area contributed by atoms with Crippen LogP contribution < -0.4 is 9.64 Å². The summed E-state index contributed by atoms with van der Waals surface area (Å²) in [5.41, 5.74) is 1.52. The number of aliphatic hydroxyl groups is 1. The summed E-state index contributed by atoms with van der Waals surface area (Å²) in [6.45, 7) is 8.39. The summed E-state index contributed by atoms with van der Waals surface area (Å²) in [6.07, 6.45) is 0. The molecule has 1 unspecified atom stereocenters. The maximum Gasteiger partial charge on any atom is 0.300 e. The number of amides is 1. The number of anilines is 1. The van der Waals surface area contributed by atoms with Gasteiger partial charge in [0, 0.05) is 21.8 Å². The molecule has 0 saturated carbocycles. The van der Waals surface area contributed by atoms with Crippen LogP contribution in [0.2, 0.25) is 10.0 Å². The highest BCUT2D eigenvalue weighted by molar-refractivity contribution is 6.51. The Hall–Kier alpha value is -3.35. The number of Topliss-reactive ketones (excluding diaryl/α,β-unsaturated/α-hetero) is 1. The van der Waals surface area contributed by atoms with Crippen molar-refractivity contribution in [3.63, 3.8) is 0 Å². The molecule has 3 aromatic carbocycles. The number of carbonyl (C=O) groups excluding carboxylic acids is 2. The number of hydrogen-bond acceptors (Lipinski definition) is 4. The van der Waals surface area contributed by atoms with E-state index in [2.05, 4.69) is 0 Å². The third-order valence-corrected chi connectivity index (χ3v) is 6.71. The average Bonchev–Trinajstić information content (AvgIpc) is 3.11. The summed E-state index contributed by atoms with van der Waals surface area (Å²) in [4.78, 5) is 27.9. The van der Waals surface area contributed by atoms with E-state index < -0.39 is 23.5 Å². The van der Waals surface area contributed by atoms with Crippen LogP contribution in [-0.2, 0) is 15.0 Å². The van der Waals surface area contributed by atoms with Crippen molar-refractivity contribution in [3.8, 4) is 5.75 Å². The first-order valence-electron chi connectivity index (χ1n) is 11.7. The number of hydrogen-bond donors (Lipinski definition) is 1. The standard InChI is InChI=1S/C29H26Cl2FNO4/c1-5-37-23-13-8-17(14-20(23)29(2,3)4)26(34)24-25(16-6-9-18(30)10-7-16)33(28(36)27(24)35)19-11-12-22(32)21(31)15-19/h6-15,25,34H,5H2,1-4H3/b26-24-. The predicted molar refractivity (Wildman–Crippen MR) is 144 cm³/mol. The minimum atomic E-state index is -0.997. The highest BCUT2D eigenvalue weighted by Crippen LogP contribution is 2.44. The summed E-state index contributed by atoms with van der Waals surface area (Å²) >= 11 is 12.1. The van der Waals surface area contributed by atoms with Gasteiger partial charge in [-0.25, -0.2) is 4.39 Å². The number of rotatable bonds is 5. The molecule has 1 N–H and O–H groups in total. The van der Waals surface area contributed by atoms with Crippen molar-refractivity contribution in [1.29, 1.82) is 0 Å². The molecule has 1 fully saturated rings. The summed E-state index contributed by atoms with van der Waals surface area (Å²) < 4.78 is 19.7. The third-order valence-electron chi connectivity index (χ3n) is 6.17. The first kappa shape index (κ1) is 26.7. The molecule has 0 spiro atoms. The van der Waals surface area contributed by atoms with Crippen molar-refractivity contribution in [1.82, 2.24) is 0 Å². The van der Waals surface area contributed by atoms with Crippen molar-refractivity contribution in [3.05, 3.63) is 98.8 Å². The summed E-state index contributed by atoms with van der Waals surface area (Å²) in [6, 6.07) is 14.5. The van der Waals surface area contributed by atoms with Gasteiger partial charge in [-0.15, -0.1) is 0 Å². The van der Waals surface area contributed by atoms with Gasteiger partial charge in [-0.2, -0.15) is 0 Å². The molecular weight excluding hydrogens is 516 g/mol. The predicted octanol–water partition coefficient (Wildman–Crippen LogP) is 7.46. The van der Waals surface area contributed by atoms with Crippen molar-refractivity contribution in [2.24, 2.45) is 0 Å². The van der Waals surface area contributed by atoms with Crippen LogP contribution in [0.5, 0.6) is 5.75 Å². The monoisotopic (exact) mass is 541 g/mol. The Kier molecular flexibility index (Phi) is 7.36. The van der Waals surface area contributed by atoms with Crippen LogP contribution in [-0.4, -0.2) is 23.4 Å². The molecule has 3 aromatic rings. The zero-order valence-corrected chi connectivity index (χ0v) is 22.3. The van der Waals surface area contributed by atoms with Gasteiger partial charge in [0.15, 0.2) is 0 Å². The Morgan fingerprint density at radius 1 is 1.03 bits per heavy atom. The normalized spacial score (nSPS) is 17.4. The lowest BCUT2D eigenvalue weighted by Gasteiger charge is -2.26. The van der Waals surface area contributed by atoms with E-state index in [-0.39, 0.29) is 27.5 Å². The van der Waals surface area contributed by atoms with Crippen molar-refractivity contribution < 1.29 is 23.8 Å². The molecule has 4 rings (SSSR count). The largest absolute Gasteiger partial charge is 0.507 e. The Morgan fingerprint density at radius 3 is 2.30 bits per heavy atom. The van der Waals surface area contributed by atoms with Crippen LogP contribution in [0.15, 0.2) is 66.2 Å². The molecule has 1 aliphatic rings. The zero-order chi connectivity index (χ0) is 27.1. The Morgan fingerprint density at radius 2 is 1.70 bits per heavy atom. The lowest BCUT2D eigenvalue weighted by atomic mass is 9.84. The van der Waals surface area contributed by atoms with E-state index in [1.165, 1.54) is 17.0 Å². The zero-order valence-electron chi connectivity index (χ0n) is 20.8. The second-order valence-electron chi connectivity index (χ2n) is 9.71. The molecule has 8 heteroatoms. The van der Waals surface area contributed by atoms with Gasteiger partial charge in [0.05, 0.1) is 23.2 Å². The summed E-state index contributed by atoms with van der Waals surface area (Å²) in [7, 11) is 0. The van der Waals surface area contributed by atoms with E-state index in [4.69, 9.17) is 27.9 Å². The van der Waals surface area contributed by atoms with Crippen LogP contribution >= 0.6 is 23.2 Å².